The second-order valence-electron chi connectivity index (χ2n) is 23.0. The minimum Gasteiger partial charge on any atom is -0.310 e. The lowest BCUT2D eigenvalue weighted by Crippen LogP contribution is -2.43. The largest absolute Gasteiger partial charge is 0.310 e. The van der Waals surface area contributed by atoms with Crippen LogP contribution in [0.2, 0.25) is 0 Å². The first-order chi connectivity index (χ1) is 34.7. The summed E-state index contributed by atoms with van der Waals surface area (Å²) in [6.45, 7) is 9.53. The van der Waals surface area contributed by atoms with Gasteiger partial charge in [-0.2, -0.15) is 0 Å². The van der Waals surface area contributed by atoms with Gasteiger partial charge in [0.25, 0.3) is 0 Å². The van der Waals surface area contributed by atoms with E-state index in [0.717, 1.165) is 29.6 Å². The fourth-order valence-electron chi connectivity index (χ4n) is 16.1. The van der Waals surface area contributed by atoms with Crippen molar-refractivity contribution in [2.24, 2.45) is 23.7 Å². The Morgan fingerprint density at radius 2 is 0.803 bits per heavy atom. The molecule has 9 aromatic rings. The van der Waals surface area contributed by atoms with Crippen LogP contribution in [0, 0.1) is 37.5 Å². The van der Waals surface area contributed by atoms with Gasteiger partial charge in [-0.15, -0.1) is 0 Å². The van der Waals surface area contributed by atoms with E-state index in [9.17, 15) is 0 Å². The molecule has 0 atom stereocenters. The molecule has 7 aliphatic carbocycles. The van der Waals surface area contributed by atoms with Crippen molar-refractivity contribution in [1.29, 1.82) is 0 Å². The van der Waals surface area contributed by atoms with Crippen molar-refractivity contribution >= 4 is 17.1 Å². The highest BCUT2D eigenvalue weighted by Gasteiger charge is 2.52. The molecule has 4 fully saturated rings. The second kappa shape index (κ2) is 15.1. The fraction of sp³-hybridized carbons (Fsp3) is 0.229. The highest BCUT2D eigenvalue weighted by molar-refractivity contribution is 5.97. The van der Waals surface area contributed by atoms with Crippen molar-refractivity contribution in [3.05, 3.63) is 244 Å². The smallest absolute Gasteiger partial charge is 0.0726 e. The van der Waals surface area contributed by atoms with Crippen LogP contribution in [0.4, 0.5) is 17.1 Å². The van der Waals surface area contributed by atoms with Crippen LogP contribution in [-0.2, 0) is 10.8 Å². The van der Waals surface area contributed by atoms with Gasteiger partial charge in [-0.1, -0.05) is 166 Å². The first-order valence-corrected chi connectivity index (χ1v) is 26.5. The Kier molecular flexibility index (Phi) is 8.86. The highest BCUT2D eigenvalue weighted by atomic mass is 15.1. The first-order valence-electron chi connectivity index (χ1n) is 26.5. The summed E-state index contributed by atoms with van der Waals surface area (Å²) >= 11 is 0. The monoisotopic (exact) mass is 913 g/mol. The molecular formula is C70H59N. The lowest BCUT2D eigenvalue weighted by atomic mass is 9.51. The second-order valence-corrected chi connectivity index (χ2v) is 23.0. The van der Waals surface area contributed by atoms with Gasteiger partial charge in [0.05, 0.1) is 11.1 Å². The summed E-state index contributed by atoms with van der Waals surface area (Å²) in [5, 5.41) is 0. The molecule has 0 amide bonds. The van der Waals surface area contributed by atoms with Gasteiger partial charge >= 0.3 is 0 Å². The summed E-state index contributed by atoms with van der Waals surface area (Å²) in [4.78, 5) is 2.60. The molecule has 0 heterocycles. The van der Waals surface area contributed by atoms with Crippen molar-refractivity contribution in [1.82, 2.24) is 0 Å². The molecule has 0 unspecified atom stereocenters. The Morgan fingerprint density at radius 1 is 0.366 bits per heavy atom. The van der Waals surface area contributed by atoms with Gasteiger partial charge < -0.3 is 4.90 Å². The number of hydrogen-bond donors (Lipinski definition) is 0. The van der Waals surface area contributed by atoms with E-state index in [-0.39, 0.29) is 5.41 Å². The molecule has 1 heteroatoms. The van der Waals surface area contributed by atoms with Gasteiger partial charge in [0.1, 0.15) is 0 Å². The van der Waals surface area contributed by atoms with Gasteiger partial charge in [-0.3, -0.25) is 0 Å². The zero-order chi connectivity index (χ0) is 47.3. The standard InChI is InChI=1S/C70H59N/c1-42-32-50(47-22-24-48(25-23-47)67-51-35-44-34-45(37-51)38-52(67)36-44)33-43(2)68(42)71(53-27-30-59-58-29-26-49(46-14-6-5-7-15-46)39-64(58)69(3,4)65(59)40-53)54-28-31-60-57-18-10-13-21-63(57)70(66(60)41-54)61-19-11-8-16-55(61)56-17-9-12-20-62(56)70/h5-33,39-41,44-45,51-52,67H,34-38H2,1-4H3. The predicted octanol–water partition coefficient (Wildman–Crippen LogP) is 18.3. The van der Waals surface area contributed by atoms with Crippen LogP contribution in [0.5, 0.6) is 0 Å². The van der Waals surface area contributed by atoms with E-state index in [4.69, 9.17) is 0 Å². The Labute approximate surface area is 419 Å². The highest BCUT2D eigenvalue weighted by Crippen LogP contribution is 2.64. The van der Waals surface area contributed by atoms with Gasteiger partial charge in [0, 0.05) is 16.8 Å². The third kappa shape index (κ3) is 5.87. The minimum absolute atomic E-state index is 0.200. The number of aryl methyl sites for hydroxylation is 2. The van der Waals surface area contributed by atoms with E-state index >= 15 is 0 Å². The average Bonchev–Trinajstić information content (AvgIpc) is 3.95. The van der Waals surface area contributed by atoms with Crippen molar-refractivity contribution in [2.75, 3.05) is 4.90 Å². The minimum atomic E-state index is -0.435. The number of fused-ring (bicyclic) bond motifs is 13. The number of nitrogens with zero attached hydrogens (tertiary/aromatic N) is 1. The number of hydrogen-bond acceptors (Lipinski definition) is 1. The van der Waals surface area contributed by atoms with Crippen LogP contribution in [0.25, 0.3) is 55.6 Å². The van der Waals surface area contributed by atoms with Crippen LogP contribution in [-0.4, -0.2) is 0 Å². The van der Waals surface area contributed by atoms with Crippen molar-refractivity contribution < 1.29 is 0 Å². The lowest BCUT2D eigenvalue weighted by molar-refractivity contribution is -0.00277. The maximum atomic E-state index is 2.60. The molecule has 9 aromatic carbocycles. The van der Waals surface area contributed by atoms with E-state index in [1.54, 1.807) is 5.56 Å². The average molecular weight is 914 g/mol. The van der Waals surface area contributed by atoms with Crippen LogP contribution in [0.3, 0.4) is 0 Å². The Balaban J connectivity index is 0.891. The van der Waals surface area contributed by atoms with Crippen LogP contribution < -0.4 is 4.90 Å². The summed E-state index contributed by atoms with van der Waals surface area (Å²) in [6.07, 6.45) is 7.33. The normalized spacial score (nSPS) is 21.6. The molecule has 4 bridgehead atoms. The number of anilines is 3. The van der Waals surface area contributed by atoms with Crippen molar-refractivity contribution in [2.45, 2.75) is 76.5 Å². The van der Waals surface area contributed by atoms with Gasteiger partial charge in [-0.05, 0) is 224 Å². The van der Waals surface area contributed by atoms with Gasteiger partial charge in [0.2, 0.25) is 0 Å². The topological polar surface area (TPSA) is 3.24 Å². The van der Waals surface area contributed by atoms with Crippen LogP contribution in [0.15, 0.2) is 194 Å². The molecule has 344 valence electrons. The van der Waals surface area contributed by atoms with E-state index in [2.05, 4.69) is 227 Å². The maximum absolute atomic E-state index is 2.60. The quantitative estimate of drug-likeness (QED) is 0.161. The first kappa shape index (κ1) is 41.6. The molecule has 1 nitrogen and oxygen atoms in total. The molecule has 0 aromatic heterocycles. The molecular weight excluding hydrogens is 855 g/mol. The summed E-state index contributed by atoms with van der Waals surface area (Å²) in [7, 11) is 0. The Bertz CT molecular complexity index is 3550. The van der Waals surface area contributed by atoms with E-state index in [1.165, 1.54) is 149 Å². The van der Waals surface area contributed by atoms with E-state index < -0.39 is 5.41 Å². The molecule has 1 spiro atoms. The molecule has 4 saturated carbocycles. The number of rotatable bonds is 6. The zero-order valence-corrected chi connectivity index (χ0v) is 41.3. The summed E-state index contributed by atoms with van der Waals surface area (Å²) in [5.41, 5.74) is 28.4. The van der Waals surface area contributed by atoms with Crippen molar-refractivity contribution in [3.8, 4) is 55.6 Å². The van der Waals surface area contributed by atoms with E-state index in [0.29, 0.717) is 0 Å². The molecule has 16 rings (SSSR count). The maximum Gasteiger partial charge on any atom is 0.0726 e. The Morgan fingerprint density at radius 3 is 1.37 bits per heavy atom. The SMILES string of the molecule is Cc1cc(-c2ccc(C3C4CC5CC(C4)CC3C5)cc2)cc(C)c1N(c1ccc2c(c1)C(C)(C)c1cc(-c3ccccc3)ccc1-2)c1ccc2c(c1)C1(c3ccccc3-c3ccccc31)c1ccccc1-2. The number of benzene rings is 9. The third-order valence-electron chi connectivity index (χ3n) is 18.8. The molecule has 71 heavy (non-hydrogen) atoms. The summed E-state index contributed by atoms with van der Waals surface area (Å²) in [5.74, 6) is 4.51. The van der Waals surface area contributed by atoms with Gasteiger partial charge in [-0.25, -0.2) is 0 Å². The van der Waals surface area contributed by atoms with Crippen LogP contribution in [0.1, 0.15) is 102 Å². The summed E-state index contributed by atoms with van der Waals surface area (Å²) < 4.78 is 0. The summed E-state index contributed by atoms with van der Waals surface area (Å²) in [6, 6.07) is 74.9. The van der Waals surface area contributed by atoms with Crippen LogP contribution >= 0.6 is 0 Å². The molecule has 0 N–H and O–H groups in total. The molecule has 0 radical (unpaired) electrons. The van der Waals surface area contributed by atoms with Crippen molar-refractivity contribution in [3.63, 3.8) is 0 Å². The van der Waals surface area contributed by atoms with E-state index in [1.807, 2.05) is 0 Å². The molecule has 0 aliphatic heterocycles. The van der Waals surface area contributed by atoms with Gasteiger partial charge in [0.15, 0.2) is 0 Å². The molecule has 7 aliphatic rings. The Hall–Kier alpha value is -7.22. The lowest BCUT2D eigenvalue weighted by Gasteiger charge is -2.54. The predicted molar refractivity (Wildman–Crippen MR) is 295 cm³/mol. The zero-order valence-electron chi connectivity index (χ0n) is 41.3. The molecule has 0 saturated heterocycles. The fourth-order valence-corrected chi connectivity index (χ4v) is 16.1. The third-order valence-corrected chi connectivity index (χ3v) is 18.8.